The normalized spacial score (nSPS) is 23.2. The molecule has 0 N–H and O–H groups in total. The van der Waals surface area contributed by atoms with Crippen LogP contribution >= 0.6 is 0 Å². The highest BCUT2D eigenvalue weighted by atomic mass is 16.5. The Morgan fingerprint density at radius 2 is 1.67 bits per heavy atom. The number of hydrogen-bond acceptors (Lipinski definition) is 3. The van der Waals surface area contributed by atoms with Crippen LogP contribution in [0.3, 0.4) is 0 Å². The number of hydrogen-bond donors (Lipinski definition) is 0. The fourth-order valence-corrected chi connectivity index (χ4v) is 2.57. The van der Waals surface area contributed by atoms with E-state index in [0.29, 0.717) is 6.10 Å². The summed E-state index contributed by atoms with van der Waals surface area (Å²) in [5, 5.41) is 0. The molecule has 3 heteroatoms. The largest absolute Gasteiger partial charge is 0.368 e. The molecule has 1 aromatic heterocycles. The van der Waals surface area contributed by atoms with Crippen LogP contribution in [0.15, 0.2) is 0 Å². The molecular formula is C15H26N2O. The summed E-state index contributed by atoms with van der Waals surface area (Å²) in [6.45, 7) is 12.0. The summed E-state index contributed by atoms with van der Waals surface area (Å²) in [5.41, 5.74) is 3.64. The van der Waals surface area contributed by atoms with E-state index in [1.54, 1.807) is 0 Å². The summed E-state index contributed by atoms with van der Waals surface area (Å²) in [6.07, 6.45) is 4.01. The van der Waals surface area contributed by atoms with Crippen molar-refractivity contribution in [3.8, 4) is 0 Å². The molecule has 1 aromatic rings. The van der Waals surface area contributed by atoms with Gasteiger partial charge in [0.05, 0.1) is 11.8 Å². The lowest BCUT2D eigenvalue weighted by molar-refractivity contribution is 0.0288. The van der Waals surface area contributed by atoms with Gasteiger partial charge in [-0.25, -0.2) is 9.97 Å². The standard InChI is InChI=1S/C11H14N2O.2C2H6/c1-6-9-5-8-3-4-10(14-8)11(9)13-7(2)12-6;2*1-2/h8,10H,3-5H2,1-2H3;2*1-2H3. The zero-order valence-electron chi connectivity index (χ0n) is 12.6. The third-order valence-corrected chi connectivity index (χ3v) is 3.20. The average molecular weight is 250 g/mol. The smallest absolute Gasteiger partial charge is 0.125 e. The van der Waals surface area contributed by atoms with E-state index in [9.17, 15) is 0 Å². The zero-order chi connectivity index (χ0) is 13.7. The molecular weight excluding hydrogens is 224 g/mol. The molecule has 102 valence electrons. The van der Waals surface area contributed by atoms with Gasteiger partial charge in [0.1, 0.15) is 11.9 Å². The molecule has 0 aliphatic carbocycles. The molecule has 1 fully saturated rings. The van der Waals surface area contributed by atoms with E-state index in [2.05, 4.69) is 16.9 Å². The van der Waals surface area contributed by atoms with Crippen molar-refractivity contribution in [3.05, 3.63) is 22.8 Å². The van der Waals surface area contributed by atoms with Crippen molar-refractivity contribution in [2.75, 3.05) is 0 Å². The van der Waals surface area contributed by atoms with Gasteiger partial charge in [-0.15, -0.1) is 0 Å². The molecule has 3 rings (SSSR count). The van der Waals surface area contributed by atoms with Gasteiger partial charge < -0.3 is 4.74 Å². The van der Waals surface area contributed by atoms with Crippen LogP contribution in [0.1, 0.15) is 69.4 Å². The predicted octanol–water partition coefficient (Wildman–Crippen LogP) is 3.92. The molecule has 2 unspecified atom stereocenters. The molecule has 1 saturated heterocycles. The quantitative estimate of drug-likeness (QED) is 0.700. The Morgan fingerprint density at radius 1 is 1.00 bits per heavy atom. The van der Waals surface area contributed by atoms with E-state index in [4.69, 9.17) is 4.74 Å². The predicted molar refractivity (Wildman–Crippen MR) is 74.8 cm³/mol. The van der Waals surface area contributed by atoms with Gasteiger partial charge in [0.15, 0.2) is 0 Å². The van der Waals surface area contributed by atoms with Gasteiger partial charge in [0, 0.05) is 17.7 Å². The van der Waals surface area contributed by atoms with Gasteiger partial charge in [-0.3, -0.25) is 0 Å². The van der Waals surface area contributed by atoms with Crippen LogP contribution in [0.5, 0.6) is 0 Å². The number of rotatable bonds is 0. The highest BCUT2D eigenvalue weighted by Gasteiger charge is 2.35. The number of fused-ring (bicyclic) bond motifs is 4. The molecule has 0 radical (unpaired) electrons. The van der Waals surface area contributed by atoms with Crippen LogP contribution < -0.4 is 0 Å². The Hall–Kier alpha value is -0.960. The minimum Gasteiger partial charge on any atom is -0.368 e. The molecule has 0 spiro atoms. The Labute approximate surface area is 111 Å². The fraction of sp³-hybridized carbons (Fsp3) is 0.733. The second-order valence-corrected chi connectivity index (χ2v) is 4.25. The Kier molecular flexibility index (Phi) is 5.73. The summed E-state index contributed by atoms with van der Waals surface area (Å²) in [5.74, 6) is 0.871. The highest BCUT2D eigenvalue weighted by molar-refractivity contribution is 5.31. The maximum absolute atomic E-state index is 5.84. The Morgan fingerprint density at radius 3 is 2.33 bits per heavy atom. The first-order valence-corrected chi connectivity index (χ1v) is 7.23. The SMILES string of the molecule is CC.CC.Cc1nc(C)c2c(n1)C1CCC(C2)O1. The van der Waals surface area contributed by atoms with Crippen molar-refractivity contribution in [1.82, 2.24) is 9.97 Å². The van der Waals surface area contributed by atoms with Crippen LogP contribution in [0.4, 0.5) is 0 Å². The lowest BCUT2D eigenvalue weighted by Gasteiger charge is -2.24. The Bertz CT molecular complexity index is 390. The summed E-state index contributed by atoms with van der Waals surface area (Å²) in [4.78, 5) is 8.93. The molecule has 3 nitrogen and oxygen atoms in total. The van der Waals surface area contributed by atoms with E-state index in [1.807, 2.05) is 34.6 Å². The lowest BCUT2D eigenvalue weighted by atomic mass is 10.0. The second kappa shape index (κ2) is 6.83. The Balaban J connectivity index is 0.000000371. The van der Waals surface area contributed by atoms with Gasteiger partial charge in [-0.05, 0) is 26.7 Å². The van der Waals surface area contributed by atoms with Gasteiger partial charge in [-0.2, -0.15) is 0 Å². The first-order valence-electron chi connectivity index (χ1n) is 7.23. The summed E-state index contributed by atoms with van der Waals surface area (Å²) in [6, 6.07) is 0. The molecule has 2 bridgehead atoms. The summed E-state index contributed by atoms with van der Waals surface area (Å²) >= 11 is 0. The number of nitrogens with zero attached hydrogens (tertiary/aromatic N) is 2. The fourth-order valence-electron chi connectivity index (χ4n) is 2.57. The third-order valence-electron chi connectivity index (χ3n) is 3.20. The lowest BCUT2D eigenvalue weighted by Crippen LogP contribution is -2.21. The van der Waals surface area contributed by atoms with Crippen molar-refractivity contribution >= 4 is 0 Å². The number of aryl methyl sites for hydroxylation is 2. The van der Waals surface area contributed by atoms with Crippen molar-refractivity contribution < 1.29 is 4.74 Å². The first-order chi connectivity index (χ1) is 8.74. The maximum Gasteiger partial charge on any atom is 0.125 e. The van der Waals surface area contributed by atoms with E-state index in [-0.39, 0.29) is 6.10 Å². The average Bonchev–Trinajstić information content (AvgIpc) is 2.79. The second-order valence-electron chi connectivity index (χ2n) is 4.25. The summed E-state index contributed by atoms with van der Waals surface area (Å²) < 4.78 is 5.84. The van der Waals surface area contributed by atoms with E-state index < -0.39 is 0 Å². The molecule has 0 saturated carbocycles. The van der Waals surface area contributed by atoms with E-state index >= 15 is 0 Å². The van der Waals surface area contributed by atoms with Crippen LogP contribution in [0.2, 0.25) is 0 Å². The van der Waals surface area contributed by atoms with E-state index in [0.717, 1.165) is 30.1 Å². The van der Waals surface area contributed by atoms with Crippen LogP contribution in [-0.4, -0.2) is 16.1 Å². The van der Waals surface area contributed by atoms with Gasteiger partial charge in [0.2, 0.25) is 0 Å². The topological polar surface area (TPSA) is 35.0 Å². The minimum atomic E-state index is 0.254. The number of aromatic nitrogens is 2. The van der Waals surface area contributed by atoms with Crippen molar-refractivity contribution in [2.45, 2.75) is 73.0 Å². The van der Waals surface area contributed by atoms with Gasteiger partial charge in [0.25, 0.3) is 0 Å². The maximum atomic E-state index is 5.84. The highest BCUT2D eigenvalue weighted by Crippen LogP contribution is 2.40. The van der Waals surface area contributed by atoms with Crippen molar-refractivity contribution in [1.29, 1.82) is 0 Å². The monoisotopic (exact) mass is 250 g/mol. The van der Waals surface area contributed by atoms with Crippen molar-refractivity contribution in [2.24, 2.45) is 0 Å². The molecule has 3 heterocycles. The minimum absolute atomic E-state index is 0.254. The number of ether oxygens (including phenoxy) is 1. The van der Waals surface area contributed by atoms with Gasteiger partial charge in [-0.1, -0.05) is 27.7 Å². The molecule has 18 heavy (non-hydrogen) atoms. The molecule has 2 aliphatic rings. The van der Waals surface area contributed by atoms with Crippen LogP contribution in [0.25, 0.3) is 0 Å². The third kappa shape index (κ3) is 2.89. The first kappa shape index (κ1) is 15.1. The molecule has 0 aromatic carbocycles. The molecule has 0 amide bonds. The van der Waals surface area contributed by atoms with E-state index in [1.165, 1.54) is 12.0 Å². The zero-order valence-corrected chi connectivity index (χ0v) is 12.6. The van der Waals surface area contributed by atoms with Gasteiger partial charge >= 0.3 is 0 Å². The van der Waals surface area contributed by atoms with Crippen molar-refractivity contribution in [3.63, 3.8) is 0 Å². The molecule has 2 aliphatic heterocycles. The van der Waals surface area contributed by atoms with Crippen LogP contribution in [0, 0.1) is 13.8 Å². The van der Waals surface area contributed by atoms with Crippen LogP contribution in [-0.2, 0) is 11.2 Å². The summed E-state index contributed by atoms with van der Waals surface area (Å²) in [7, 11) is 0. The molecule has 2 atom stereocenters.